The summed E-state index contributed by atoms with van der Waals surface area (Å²) >= 11 is 6.54. The number of aromatic nitrogens is 2. The maximum Gasteiger partial charge on any atom is 0.255 e. The van der Waals surface area contributed by atoms with Gasteiger partial charge in [0.1, 0.15) is 16.8 Å². The van der Waals surface area contributed by atoms with Crippen LogP contribution < -0.4 is 25.6 Å². The summed E-state index contributed by atoms with van der Waals surface area (Å²) in [5, 5.41) is 8.45. The molecule has 9 rings (SSSR count). The highest BCUT2D eigenvalue weighted by molar-refractivity contribution is 7.92. The maximum atomic E-state index is 13.7. The number of fused-ring (bicyclic) bond motifs is 1. The van der Waals surface area contributed by atoms with Crippen molar-refractivity contribution in [2.75, 3.05) is 54.8 Å². The first kappa shape index (κ1) is 47.3. The Morgan fingerprint density at radius 2 is 1.63 bits per heavy atom. The molecular weight excluding hydrogens is 906 g/mol. The summed E-state index contributed by atoms with van der Waals surface area (Å²) in [5.74, 6) is 0.830. The minimum atomic E-state index is -3.58. The van der Waals surface area contributed by atoms with Gasteiger partial charge in [-0.05, 0) is 145 Å². The van der Waals surface area contributed by atoms with Crippen LogP contribution in [0, 0.1) is 12.8 Å². The van der Waals surface area contributed by atoms with Crippen molar-refractivity contribution in [3.8, 4) is 5.75 Å². The van der Waals surface area contributed by atoms with Crippen molar-refractivity contribution in [1.29, 1.82) is 0 Å². The maximum absolute atomic E-state index is 13.7. The van der Waals surface area contributed by atoms with Crippen LogP contribution in [-0.2, 0) is 30.8 Å². The molecule has 4 fully saturated rings. The Morgan fingerprint density at radius 3 is 2.34 bits per heavy atom. The molecule has 1 aromatic heterocycles. The number of nitrogens with zero attached hydrogens (tertiary/aromatic N) is 6. The van der Waals surface area contributed by atoms with E-state index in [0.29, 0.717) is 60.7 Å². The van der Waals surface area contributed by atoms with E-state index >= 15 is 0 Å². The molecule has 0 radical (unpaired) electrons. The van der Waals surface area contributed by atoms with E-state index in [2.05, 4.69) is 54.8 Å². The molecule has 68 heavy (non-hydrogen) atoms. The van der Waals surface area contributed by atoms with Gasteiger partial charge in [-0.2, -0.15) is 4.98 Å². The Labute approximate surface area is 403 Å². The molecule has 18 heteroatoms. The molecule has 16 nitrogen and oxygen atoms in total. The Hall–Kier alpha value is -5.78. The minimum absolute atomic E-state index is 0.0644. The van der Waals surface area contributed by atoms with Crippen molar-refractivity contribution in [3.63, 3.8) is 0 Å². The highest BCUT2D eigenvalue weighted by atomic mass is 35.5. The van der Waals surface area contributed by atoms with Gasteiger partial charge >= 0.3 is 0 Å². The van der Waals surface area contributed by atoms with E-state index in [9.17, 15) is 27.6 Å². The second-order valence-corrected chi connectivity index (χ2v) is 22.2. The van der Waals surface area contributed by atoms with Crippen LogP contribution in [0.2, 0.25) is 5.02 Å². The number of piperidine rings is 3. The number of carbonyl (C=O) groups excluding carboxylic acids is 4. The van der Waals surface area contributed by atoms with Gasteiger partial charge in [-0.1, -0.05) is 23.7 Å². The van der Waals surface area contributed by atoms with E-state index in [4.69, 9.17) is 16.3 Å². The lowest BCUT2D eigenvalue weighted by atomic mass is 9.85. The van der Waals surface area contributed by atoms with E-state index in [1.807, 2.05) is 36.9 Å². The van der Waals surface area contributed by atoms with Crippen LogP contribution in [0.25, 0.3) is 0 Å². The highest BCUT2D eigenvalue weighted by Gasteiger charge is 2.41. The fourth-order valence-electron chi connectivity index (χ4n) is 10.3. The van der Waals surface area contributed by atoms with Crippen molar-refractivity contribution < 1.29 is 32.3 Å². The van der Waals surface area contributed by atoms with Crippen LogP contribution in [0.1, 0.15) is 99.2 Å². The van der Waals surface area contributed by atoms with E-state index in [1.165, 1.54) is 11.8 Å². The van der Waals surface area contributed by atoms with Gasteiger partial charge in [0, 0.05) is 56.4 Å². The van der Waals surface area contributed by atoms with Crippen molar-refractivity contribution >= 4 is 73.9 Å². The molecule has 1 unspecified atom stereocenters. The number of halogens is 1. The van der Waals surface area contributed by atoms with Gasteiger partial charge < -0.3 is 35.0 Å². The normalized spacial score (nSPS) is 19.9. The molecule has 4 aromatic rings. The number of rotatable bonds is 13. The topological polar surface area (TPSA) is 186 Å². The Balaban J connectivity index is 0.771. The molecular formula is C50H60ClN9O7S. The van der Waals surface area contributed by atoms with Crippen LogP contribution in [0.3, 0.4) is 0 Å². The summed E-state index contributed by atoms with van der Waals surface area (Å²) in [7, 11) is -3.58. The Kier molecular flexibility index (Phi) is 13.4. The number of anilines is 5. The number of nitrogens with one attached hydrogen (secondary N) is 3. The van der Waals surface area contributed by atoms with Crippen molar-refractivity contribution in [1.82, 2.24) is 30.0 Å². The average Bonchev–Trinajstić information content (AvgIpc) is 3.62. The molecule has 5 aliphatic rings. The average molecular weight is 967 g/mol. The number of hydrogen-bond donors (Lipinski definition) is 3. The van der Waals surface area contributed by atoms with Gasteiger partial charge in [0.25, 0.3) is 5.91 Å². The monoisotopic (exact) mass is 965 g/mol. The SMILES string of the molecule is Cc1cc(Nc2ncc(Cl)c(Nc3ccccc3S(=O)(=O)C(C)C)n2)c(OC(C)C)cc1C1CCN(C2CCN(C(=O)C3CN(c4ccc5c(c4)CN(C4CCC(=O)NC4=O)C5=O)C3)CC2)CC1. The second kappa shape index (κ2) is 19.3. The summed E-state index contributed by atoms with van der Waals surface area (Å²) in [6.45, 7) is 14.5. The van der Waals surface area contributed by atoms with Crippen LogP contribution in [-0.4, -0.2) is 119 Å². The molecule has 4 amide bonds. The van der Waals surface area contributed by atoms with Gasteiger partial charge in [0.2, 0.25) is 23.7 Å². The smallest absolute Gasteiger partial charge is 0.255 e. The largest absolute Gasteiger partial charge is 0.489 e. The molecule has 5 aliphatic heterocycles. The number of hydrogen-bond acceptors (Lipinski definition) is 13. The van der Waals surface area contributed by atoms with Gasteiger partial charge in [0.05, 0.1) is 39.7 Å². The zero-order valence-electron chi connectivity index (χ0n) is 39.3. The lowest BCUT2D eigenvalue weighted by Crippen LogP contribution is -2.57. The number of aryl methyl sites for hydroxylation is 1. The number of sulfone groups is 1. The molecule has 6 heterocycles. The predicted molar refractivity (Wildman–Crippen MR) is 261 cm³/mol. The number of amides is 4. The van der Waals surface area contributed by atoms with Gasteiger partial charge in [-0.3, -0.25) is 24.5 Å². The van der Waals surface area contributed by atoms with E-state index in [1.54, 1.807) is 43.0 Å². The summed E-state index contributed by atoms with van der Waals surface area (Å²) < 4.78 is 32.6. The molecule has 0 bridgehead atoms. The van der Waals surface area contributed by atoms with Crippen LogP contribution in [0.15, 0.2) is 65.7 Å². The number of para-hydroxylation sites is 1. The lowest BCUT2D eigenvalue weighted by Gasteiger charge is -2.45. The van der Waals surface area contributed by atoms with Crippen LogP contribution >= 0.6 is 11.6 Å². The molecule has 1 atom stereocenters. The minimum Gasteiger partial charge on any atom is -0.489 e. The number of carbonyl (C=O) groups is 4. The van der Waals surface area contributed by atoms with Crippen LogP contribution in [0.4, 0.5) is 28.8 Å². The van der Waals surface area contributed by atoms with Crippen LogP contribution in [0.5, 0.6) is 5.75 Å². The number of likely N-dealkylation sites (tertiary alicyclic amines) is 2. The van der Waals surface area contributed by atoms with Gasteiger partial charge in [0.15, 0.2) is 15.7 Å². The lowest BCUT2D eigenvalue weighted by molar-refractivity contribution is -0.138. The zero-order valence-corrected chi connectivity index (χ0v) is 40.8. The molecule has 4 saturated heterocycles. The summed E-state index contributed by atoms with van der Waals surface area (Å²) in [4.78, 5) is 68.6. The summed E-state index contributed by atoms with van der Waals surface area (Å²) in [5.41, 5.74) is 5.89. The van der Waals surface area contributed by atoms with Crippen molar-refractivity contribution in [3.05, 3.63) is 88.1 Å². The number of imide groups is 1. The number of ether oxygens (including phenoxy) is 1. The third-order valence-corrected chi connectivity index (χ3v) is 16.6. The molecule has 3 aromatic carbocycles. The van der Waals surface area contributed by atoms with Gasteiger partial charge in [-0.15, -0.1) is 0 Å². The Bertz CT molecular complexity index is 2730. The molecule has 0 aliphatic carbocycles. The summed E-state index contributed by atoms with van der Waals surface area (Å²) in [6, 6.07) is 16.5. The van der Waals surface area contributed by atoms with E-state index in [0.717, 1.165) is 68.7 Å². The van der Waals surface area contributed by atoms with E-state index < -0.39 is 27.0 Å². The van der Waals surface area contributed by atoms with Crippen molar-refractivity contribution in [2.24, 2.45) is 5.92 Å². The standard InChI is InChI=1S/C50H60ClN9O7S/c1-29(2)67-43-24-38(31(5)22-41(43)54-50-52-25-39(51)46(56-50)53-40-8-6-7-9-44(40)68(65,66)30(3)4)32-14-18-57(19-15-32)35-16-20-58(21-17-35)48(63)34-26-59(27-34)36-10-11-37-33(23-36)28-60(49(37)64)42-12-13-45(61)55-47(42)62/h6-11,22-25,29-30,32,34-35,42H,12-21,26-28H2,1-5H3,(H,55,61,62)(H2,52,53,54,56). The van der Waals surface area contributed by atoms with E-state index in [-0.39, 0.29) is 57.8 Å². The van der Waals surface area contributed by atoms with Crippen molar-refractivity contribution in [2.45, 2.75) is 114 Å². The first-order valence-corrected chi connectivity index (χ1v) is 25.7. The molecule has 0 spiro atoms. The predicted octanol–water partition coefficient (Wildman–Crippen LogP) is 6.96. The highest BCUT2D eigenvalue weighted by Crippen LogP contribution is 2.40. The number of benzene rings is 3. The molecule has 3 N–H and O–H groups in total. The fraction of sp³-hybridized carbons (Fsp3) is 0.480. The van der Waals surface area contributed by atoms with Gasteiger partial charge in [-0.25, -0.2) is 13.4 Å². The summed E-state index contributed by atoms with van der Waals surface area (Å²) in [6.07, 6.45) is 5.87. The quantitative estimate of drug-likeness (QED) is 0.117. The fourth-order valence-corrected chi connectivity index (χ4v) is 11.7. The molecule has 0 saturated carbocycles. The third kappa shape index (κ3) is 9.61. The molecule has 360 valence electrons. The second-order valence-electron chi connectivity index (χ2n) is 19.3. The Morgan fingerprint density at radius 1 is 0.897 bits per heavy atom. The first-order valence-electron chi connectivity index (χ1n) is 23.8. The first-order chi connectivity index (χ1) is 32.5. The zero-order chi connectivity index (χ0) is 48.0. The third-order valence-electron chi connectivity index (χ3n) is 14.2.